The highest BCUT2D eigenvalue weighted by Gasteiger charge is 2.14. The summed E-state index contributed by atoms with van der Waals surface area (Å²) in [7, 11) is 0. The van der Waals surface area contributed by atoms with E-state index in [4.69, 9.17) is 22.1 Å². The molecule has 100 valence electrons. The van der Waals surface area contributed by atoms with Gasteiger partial charge in [-0.2, -0.15) is 0 Å². The summed E-state index contributed by atoms with van der Waals surface area (Å²) in [5.74, 6) is -1.89. The van der Waals surface area contributed by atoms with Crippen LogP contribution in [-0.4, -0.2) is 0 Å². The van der Waals surface area contributed by atoms with Gasteiger partial charge in [0.05, 0.1) is 5.02 Å². The first-order valence-corrected chi connectivity index (χ1v) is 6.01. The molecule has 0 aliphatic carbocycles. The van der Waals surface area contributed by atoms with Crippen LogP contribution in [0.1, 0.15) is 11.1 Å². The van der Waals surface area contributed by atoms with Crippen LogP contribution in [0.4, 0.5) is 8.78 Å². The van der Waals surface area contributed by atoms with Crippen molar-refractivity contribution in [2.45, 2.75) is 13.5 Å². The van der Waals surface area contributed by atoms with Crippen molar-refractivity contribution in [3.8, 4) is 11.5 Å². The topological polar surface area (TPSA) is 35.2 Å². The molecule has 0 bridgehead atoms. The molecule has 2 aromatic carbocycles. The van der Waals surface area contributed by atoms with Crippen molar-refractivity contribution < 1.29 is 13.5 Å². The third kappa shape index (κ3) is 3.03. The minimum absolute atomic E-state index is 0.0549. The van der Waals surface area contributed by atoms with Crippen molar-refractivity contribution in [3.63, 3.8) is 0 Å². The molecule has 2 aromatic rings. The number of benzene rings is 2. The van der Waals surface area contributed by atoms with E-state index in [2.05, 4.69) is 0 Å². The maximum atomic E-state index is 13.8. The molecule has 19 heavy (non-hydrogen) atoms. The summed E-state index contributed by atoms with van der Waals surface area (Å²) in [6.07, 6.45) is 0. The summed E-state index contributed by atoms with van der Waals surface area (Å²) in [4.78, 5) is 0. The van der Waals surface area contributed by atoms with Gasteiger partial charge in [0.25, 0.3) is 0 Å². The number of aryl methyl sites for hydroxylation is 1. The van der Waals surface area contributed by atoms with Crippen molar-refractivity contribution in [3.05, 3.63) is 58.1 Å². The fourth-order valence-electron chi connectivity index (χ4n) is 1.63. The monoisotopic (exact) mass is 283 g/mol. The van der Waals surface area contributed by atoms with Crippen LogP contribution in [0.2, 0.25) is 5.02 Å². The molecule has 0 unspecified atom stereocenters. The Balaban J connectivity index is 2.41. The Hall–Kier alpha value is -1.65. The number of nitrogens with two attached hydrogens (primary N) is 1. The zero-order valence-corrected chi connectivity index (χ0v) is 11.0. The Morgan fingerprint density at radius 2 is 1.79 bits per heavy atom. The van der Waals surface area contributed by atoms with Crippen molar-refractivity contribution in [2.75, 3.05) is 0 Å². The lowest BCUT2D eigenvalue weighted by atomic mass is 10.2. The number of ether oxygens (including phenoxy) is 1. The lowest BCUT2D eigenvalue weighted by molar-refractivity contribution is 0.406. The third-order valence-corrected chi connectivity index (χ3v) is 2.90. The fraction of sp³-hybridized carbons (Fsp3) is 0.143. The van der Waals surface area contributed by atoms with Gasteiger partial charge in [-0.05, 0) is 42.3 Å². The Bertz CT molecular complexity index is 593. The van der Waals surface area contributed by atoms with Gasteiger partial charge in [-0.1, -0.05) is 17.7 Å². The number of hydrogen-bond acceptors (Lipinski definition) is 2. The Labute approximate surface area is 114 Å². The van der Waals surface area contributed by atoms with Crippen LogP contribution in [0.5, 0.6) is 11.5 Å². The lowest BCUT2D eigenvalue weighted by Gasteiger charge is -2.11. The first-order valence-electron chi connectivity index (χ1n) is 5.63. The molecule has 2 rings (SSSR count). The second kappa shape index (κ2) is 5.55. The maximum Gasteiger partial charge on any atom is 0.198 e. The lowest BCUT2D eigenvalue weighted by Crippen LogP contribution is -2.00. The number of hydrogen-bond donors (Lipinski definition) is 1. The van der Waals surface area contributed by atoms with E-state index in [0.29, 0.717) is 5.56 Å². The van der Waals surface area contributed by atoms with Gasteiger partial charge >= 0.3 is 0 Å². The molecule has 0 saturated heterocycles. The molecule has 0 aliphatic heterocycles. The molecule has 0 radical (unpaired) electrons. The highest BCUT2D eigenvalue weighted by Crippen LogP contribution is 2.33. The summed E-state index contributed by atoms with van der Waals surface area (Å²) in [6.45, 7) is 1.88. The molecule has 0 atom stereocenters. The van der Waals surface area contributed by atoms with Crippen molar-refractivity contribution in [1.29, 1.82) is 0 Å². The summed E-state index contributed by atoms with van der Waals surface area (Å²) in [5.41, 5.74) is 6.57. The quantitative estimate of drug-likeness (QED) is 0.917. The van der Waals surface area contributed by atoms with Crippen LogP contribution >= 0.6 is 11.6 Å². The zero-order chi connectivity index (χ0) is 14.0. The van der Waals surface area contributed by atoms with Gasteiger partial charge in [0.1, 0.15) is 5.75 Å². The van der Waals surface area contributed by atoms with Crippen LogP contribution in [0.25, 0.3) is 0 Å². The molecular formula is C14H12ClF2NO. The van der Waals surface area contributed by atoms with E-state index < -0.39 is 17.4 Å². The molecule has 0 amide bonds. The van der Waals surface area contributed by atoms with Gasteiger partial charge in [0, 0.05) is 6.54 Å². The second-order valence-electron chi connectivity index (χ2n) is 4.13. The third-order valence-electron chi connectivity index (χ3n) is 2.59. The van der Waals surface area contributed by atoms with E-state index >= 15 is 0 Å². The minimum atomic E-state index is -0.807. The van der Waals surface area contributed by atoms with Crippen LogP contribution < -0.4 is 10.5 Å². The highest BCUT2D eigenvalue weighted by atomic mass is 35.5. The van der Waals surface area contributed by atoms with E-state index in [0.717, 1.165) is 17.7 Å². The number of halogens is 3. The molecule has 5 heteroatoms. The predicted molar refractivity (Wildman–Crippen MR) is 70.5 cm³/mol. The van der Waals surface area contributed by atoms with Gasteiger partial charge in [0.15, 0.2) is 17.4 Å². The van der Waals surface area contributed by atoms with E-state index in [9.17, 15) is 8.78 Å². The average molecular weight is 284 g/mol. The predicted octanol–water partition coefficient (Wildman–Crippen LogP) is 4.18. The van der Waals surface area contributed by atoms with E-state index in [1.807, 2.05) is 6.92 Å². The van der Waals surface area contributed by atoms with Gasteiger partial charge in [-0.3, -0.25) is 0 Å². The summed E-state index contributed by atoms with van der Waals surface area (Å²) in [6, 6.07) is 7.28. The van der Waals surface area contributed by atoms with Crippen LogP contribution in [0.3, 0.4) is 0 Å². The standard InChI is InChI=1S/C14H12ClF2NO/c1-8-2-3-10(15)13(4-8)19-14-11(16)5-9(7-18)6-12(14)17/h2-6H,7,18H2,1H3. The summed E-state index contributed by atoms with van der Waals surface area (Å²) in [5, 5.41) is 0.285. The molecule has 0 fully saturated rings. The minimum Gasteiger partial charge on any atom is -0.450 e. The molecular weight excluding hydrogens is 272 g/mol. The molecule has 0 aromatic heterocycles. The molecule has 0 heterocycles. The Morgan fingerprint density at radius 3 is 2.37 bits per heavy atom. The van der Waals surface area contributed by atoms with Crippen LogP contribution in [-0.2, 0) is 6.54 Å². The van der Waals surface area contributed by atoms with Crippen LogP contribution in [0.15, 0.2) is 30.3 Å². The molecule has 0 aliphatic rings. The first-order chi connectivity index (χ1) is 9.01. The molecule has 2 N–H and O–H groups in total. The van der Waals surface area contributed by atoms with E-state index in [1.54, 1.807) is 18.2 Å². The fourth-order valence-corrected chi connectivity index (χ4v) is 1.78. The smallest absolute Gasteiger partial charge is 0.198 e. The van der Waals surface area contributed by atoms with Gasteiger partial charge < -0.3 is 10.5 Å². The van der Waals surface area contributed by atoms with E-state index in [-0.39, 0.29) is 17.3 Å². The summed E-state index contributed by atoms with van der Waals surface area (Å²) >= 11 is 5.92. The number of rotatable bonds is 3. The van der Waals surface area contributed by atoms with Gasteiger partial charge in [-0.15, -0.1) is 0 Å². The largest absolute Gasteiger partial charge is 0.450 e. The highest BCUT2D eigenvalue weighted by molar-refractivity contribution is 6.32. The molecule has 2 nitrogen and oxygen atoms in total. The average Bonchev–Trinajstić information content (AvgIpc) is 2.37. The SMILES string of the molecule is Cc1ccc(Cl)c(Oc2c(F)cc(CN)cc2F)c1. The molecule has 0 saturated carbocycles. The zero-order valence-electron chi connectivity index (χ0n) is 10.2. The second-order valence-corrected chi connectivity index (χ2v) is 4.54. The van der Waals surface area contributed by atoms with Crippen molar-refractivity contribution >= 4 is 11.6 Å². The first kappa shape index (κ1) is 13.8. The van der Waals surface area contributed by atoms with Crippen molar-refractivity contribution in [2.24, 2.45) is 5.73 Å². The summed E-state index contributed by atoms with van der Waals surface area (Å²) < 4.78 is 32.7. The Morgan fingerprint density at radius 1 is 1.16 bits per heavy atom. The van der Waals surface area contributed by atoms with Gasteiger partial charge in [-0.25, -0.2) is 8.78 Å². The van der Waals surface area contributed by atoms with Crippen molar-refractivity contribution in [1.82, 2.24) is 0 Å². The van der Waals surface area contributed by atoms with E-state index in [1.165, 1.54) is 0 Å². The Kier molecular flexibility index (Phi) is 4.02. The normalized spacial score (nSPS) is 10.6. The maximum absolute atomic E-state index is 13.8. The molecule has 0 spiro atoms. The van der Waals surface area contributed by atoms with Gasteiger partial charge in [0.2, 0.25) is 0 Å². The van der Waals surface area contributed by atoms with Crippen LogP contribution in [0, 0.1) is 18.6 Å².